The van der Waals surface area contributed by atoms with Crippen LogP contribution in [0.3, 0.4) is 0 Å². The largest absolute Gasteiger partial charge is 0.354 e. The number of urea groups is 1. The molecule has 8 nitrogen and oxygen atoms in total. The molecule has 3 atom stereocenters. The molecule has 2 fully saturated rings. The molecular formula is C20H28ClN5O3. The number of rotatable bonds is 6. The lowest BCUT2D eigenvalue weighted by Crippen LogP contribution is -2.58. The standard InChI is InChI=1S/C20H28ClN5O3/c1-12(2)23-18(27)7-6-16-10-22-19(28)17-9-15(11-26(16)17)25-20(29)24-14-5-3-4-13(21)8-14/h3-5,8,12,15-17H,6-7,9-11H2,1-2H3,(H,22,28)(H,23,27)(H2,24,25,29). The molecule has 1 aromatic carbocycles. The number of nitrogens with zero attached hydrogens (tertiary/aromatic N) is 1. The van der Waals surface area contributed by atoms with Crippen LogP contribution in [0.15, 0.2) is 24.3 Å². The zero-order valence-electron chi connectivity index (χ0n) is 16.7. The molecule has 3 unspecified atom stereocenters. The van der Waals surface area contributed by atoms with Gasteiger partial charge in [-0.2, -0.15) is 0 Å². The number of carbonyl (C=O) groups is 3. The Balaban J connectivity index is 1.54. The number of halogens is 1. The van der Waals surface area contributed by atoms with Crippen molar-refractivity contribution in [3.05, 3.63) is 29.3 Å². The molecule has 158 valence electrons. The van der Waals surface area contributed by atoms with Crippen LogP contribution in [0.1, 0.15) is 33.1 Å². The smallest absolute Gasteiger partial charge is 0.319 e. The topological polar surface area (TPSA) is 103 Å². The van der Waals surface area contributed by atoms with Gasteiger partial charge in [0.15, 0.2) is 0 Å². The van der Waals surface area contributed by atoms with Gasteiger partial charge in [0, 0.05) is 48.3 Å². The first kappa shape index (κ1) is 21.4. The molecule has 3 rings (SSSR count). The number of fused-ring (bicyclic) bond motifs is 1. The summed E-state index contributed by atoms with van der Waals surface area (Å²) in [6.07, 6.45) is 1.62. The number of nitrogens with one attached hydrogen (secondary N) is 4. The first-order valence-corrected chi connectivity index (χ1v) is 10.4. The van der Waals surface area contributed by atoms with Crippen molar-refractivity contribution < 1.29 is 14.4 Å². The second kappa shape index (κ2) is 9.45. The highest BCUT2D eigenvalue weighted by molar-refractivity contribution is 6.30. The van der Waals surface area contributed by atoms with Crippen molar-refractivity contribution >= 4 is 35.1 Å². The minimum absolute atomic E-state index is 0.0169. The van der Waals surface area contributed by atoms with Crippen LogP contribution in [-0.4, -0.2) is 60.0 Å². The summed E-state index contributed by atoms with van der Waals surface area (Å²) in [5.74, 6) is -0.00403. The number of carbonyl (C=O) groups excluding carboxylic acids is 3. The number of hydrogen-bond donors (Lipinski definition) is 4. The van der Waals surface area contributed by atoms with Crippen molar-refractivity contribution in [2.24, 2.45) is 0 Å². The maximum Gasteiger partial charge on any atom is 0.319 e. The summed E-state index contributed by atoms with van der Waals surface area (Å²) in [6, 6.07) is 6.37. The maximum absolute atomic E-state index is 12.3. The molecule has 29 heavy (non-hydrogen) atoms. The summed E-state index contributed by atoms with van der Waals surface area (Å²) in [4.78, 5) is 38.7. The van der Waals surface area contributed by atoms with Gasteiger partial charge in [0.2, 0.25) is 11.8 Å². The molecule has 2 saturated heterocycles. The first-order valence-electron chi connectivity index (χ1n) is 9.97. The molecular weight excluding hydrogens is 394 g/mol. The summed E-state index contributed by atoms with van der Waals surface area (Å²) in [5.41, 5.74) is 0.609. The van der Waals surface area contributed by atoms with Crippen molar-refractivity contribution in [2.75, 3.05) is 18.4 Å². The first-order chi connectivity index (χ1) is 13.8. The molecule has 2 heterocycles. The molecule has 9 heteroatoms. The third-order valence-corrected chi connectivity index (χ3v) is 5.43. The fraction of sp³-hybridized carbons (Fsp3) is 0.550. The Kier molecular flexibility index (Phi) is 6.97. The van der Waals surface area contributed by atoms with Gasteiger partial charge in [-0.3, -0.25) is 14.5 Å². The van der Waals surface area contributed by atoms with Gasteiger partial charge in [0.1, 0.15) is 0 Å². The van der Waals surface area contributed by atoms with Crippen molar-refractivity contribution in [3.63, 3.8) is 0 Å². The molecule has 0 spiro atoms. The van der Waals surface area contributed by atoms with Crippen LogP contribution in [-0.2, 0) is 9.59 Å². The molecule has 0 saturated carbocycles. The second-order valence-electron chi connectivity index (χ2n) is 7.91. The molecule has 0 aromatic heterocycles. The molecule has 2 aliphatic heterocycles. The fourth-order valence-electron chi connectivity index (χ4n) is 3.96. The lowest BCUT2D eigenvalue weighted by Gasteiger charge is -2.37. The summed E-state index contributed by atoms with van der Waals surface area (Å²) in [5, 5.41) is 12.1. The minimum atomic E-state index is -0.328. The monoisotopic (exact) mass is 421 g/mol. The molecule has 2 aliphatic rings. The Morgan fingerprint density at radius 2 is 2.14 bits per heavy atom. The molecule has 4 N–H and O–H groups in total. The highest BCUT2D eigenvalue weighted by Crippen LogP contribution is 2.26. The number of hydrogen-bond acceptors (Lipinski definition) is 4. The quantitative estimate of drug-likeness (QED) is 0.561. The lowest BCUT2D eigenvalue weighted by atomic mass is 10.0. The van der Waals surface area contributed by atoms with Crippen LogP contribution in [0.4, 0.5) is 10.5 Å². The lowest BCUT2D eigenvalue weighted by molar-refractivity contribution is -0.129. The van der Waals surface area contributed by atoms with Gasteiger partial charge in [-0.05, 0) is 44.9 Å². The van der Waals surface area contributed by atoms with Gasteiger partial charge in [-0.15, -0.1) is 0 Å². The van der Waals surface area contributed by atoms with E-state index in [-0.39, 0.29) is 42.0 Å². The summed E-state index contributed by atoms with van der Waals surface area (Å²) in [6.45, 7) is 4.96. The summed E-state index contributed by atoms with van der Waals surface area (Å²) < 4.78 is 0. The van der Waals surface area contributed by atoms with Crippen molar-refractivity contribution in [3.8, 4) is 0 Å². The third kappa shape index (κ3) is 5.83. The van der Waals surface area contributed by atoms with E-state index in [0.29, 0.717) is 43.1 Å². The van der Waals surface area contributed by atoms with E-state index in [2.05, 4.69) is 26.2 Å². The van der Waals surface area contributed by atoms with E-state index in [4.69, 9.17) is 11.6 Å². The number of amides is 4. The van der Waals surface area contributed by atoms with E-state index in [9.17, 15) is 14.4 Å². The number of anilines is 1. The van der Waals surface area contributed by atoms with E-state index in [0.717, 1.165) is 0 Å². The van der Waals surface area contributed by atoms with Crippen LogP contribution < -0.4 is 21.3 Å². The second-order valence-corrected chi connectivity index (χ2v) is 8.35. The van der Waals surface area contributed by atoms with E-state index in [1.807, 2.05) is 13.8 Å². The Bertz CT molecular complexity index is 772. The molecule has 1 aromatic rings. The van der Waals surface area contributed by atoms with Gasteiger partial charge in [-0.25, -0.2) is 4.79 Å². The minimum Gasteiger partial charge on any atom is -0.354 e. The van der Waals surface area contributed by atoms with E-state index >= 15 is 0 Å². The number of benzene rings is 1. The molecule has 0 radical (unpaired) electrons. The number of piperazine rings is 1. The zero-order chi connectivity index (χ0) is 21.0. The highest BCUT2D eigenvalue weighted by Gasteiger charge is 2.43. The summed E-state index contributed by atoms with van der Waals surface area (Å²) in [7, 11) is 0. The van der Waals surface area contributed by atoms with Crippen molar-refractivity contribution in [1.29, 1.82) is 0 Å². The maximum atomic E-state index is 12.3. The van der Waals surface area contributed by atoms with Crippen molar-refractivity contribution in [2.45, 2.75) is 57.3 Å². The van der Waals surface area contributed by atoms with Crippen LogP contribution >= 0.6 is 11.6 Å². The SMILES string of the molecule is CC(C)NC(=O)CCC1CNC(=O)C2CC(NC(=O)Nc3cccc(Cl)c3)CN12. The van der Waals surface area contributed by atoms with Crippen LogP contribution in [0.25, 0.3) is 0 Å². The normalized spacial score (nSPS) is 24.0. The Morgan fingerprint density at radius 1 is 1.34 bits per heavy atom. The van der Waals surface area contributed by atoms with Gasteiger partial charge in [0.05, 0.1) is 6.04 Å². The average molecular weight is 422 g/mol. The van der Waals surface area contributed by atoms with E-state index in [1.165, 1.54) is 0 Å². The van der Waals surface area contributed by atoms with Crippen LogP contribution in [0, 0.1) is 0 Å². The molecule has 0 bridgehead atoms. The van der Waals surface area contributed by atoms with Gasteiger partial charge in [-0.1, -0.05) is 17.7 Å². The zero-order valence-corrected chi connectivity index (χ0v) is 17.5. The van der Waals surface area contributed by atoms with Gasteiger partial charge < -0.3 is 21.3 Å². The fourth-order valence-corrected chi connectivity index (χ4v) is 4.15. The van der Waals surface area contributed by atoms with Gasteiger partial charge in [0.25, 0.3) is 0 Å². The Morgan fingerprint density at radius 3 is 2.86 bits per heavy atom. The molecule has 0 aliphatic carbocycles. The highest BCUT2D eigenvalue weighted by atomic mass is 35.5. The molecule has 4 amide bonds. The predicted molar refractivity (Wildman–Crippen MR) is 112 cm³/mol. The van der Waals surface area contributed by atoms with Crippen molar-refractivity contribution in [1.82, 2.24) is 20.9 Å². The average Bonchev–Trinajstić information content (AvgIpc) is 3.05. The van der Waals surface area contributed by atoms with E-state index in [1.54, 1.807) is 24.3 Å². The Labute approximate surface area is 175 Å². The predicted octanol–water partition coefficient (Wildman–Crippen LogP) is 1.71. The van der Waals surface area contributed by atoms with E-state index < -0.39 is 0 Å². The van der Waals surface area contributed by atoms with Crippen LogP contribution in [0.5, 0.6) is 0 Å². The third-order valence-electron chi connectivity index (χ3n) is 5.19. The Hall–Kier alpha value is -2.32. The van der Waals surface area contributed by atoms with Gasteiger partial charge >= 0.3 is 6.03 Å². The summed E-state index contributed by atoms with van der Waals surface area (Å²) >= 11 is 5.94. The van der Waals surface area contributed by atoms with Crippen LogP contribution in [0.2, 0.25) is 5.02 Å².